The summed E-state index contributed by atoms with van der Waals surface area (Å²) in [6, 6.07) is 13.4. The average Bonchev–Trinajstić information content (AvgIpc) is 2.48. The maximum atomic E-state index is 14.0. The van der Waals surface area contributed by atoms with Crippen molar-refractivity contribution in [3.8, 4) is 0 Å². The minimum Gasteiger partial charge on any atom is -0.310 e. The predicted octanol–water partition coefficient (Wildman–Crippen LogP) is 5.63. The average molecular weight is 415 g/mol. The number of nitrogens with one attached hydrogen (secondary N) is 1. The van der Waals surface area contributed by atoms with Crippen LogP contribution >= 0.6 is 31.9 Å². The molecule has 0 aliphatic heterocycles. The largest absolute Gasteiger partial charge is 0.310 e. The number of benzene rings is 2. The fourth-order valence-corrected chi connectivity index (χ4v) is 2.91. The first-order valence-corrected chi connectivity index (χ1v) is 8.61. The zero-order chi connectivity index (χ0) is 15.2. The van der Waals surface area contributed by atoms with Crippen LogP contribution in [0, 0.1) is 5.82 Å². The Morgan fingerprint density at radius 3 is 2.38 bits per heavy atom. The summed E-state index contributed by atoms with van der Waals surface area (Å²) >= 11 is 6.86. The Kier molecular flexibility index (Phi) is 6.40. The minimum absolute atomic E-state index is 0.113. The third-order valence-electron chi connectivity index (χ3n) is 3.34. The van der Waals surface area contributed by atoms with E-state index in [2.05, 4.69) is 56.2 Å². The number of halogens is 3. The normalized spacial score (nSPS) is 12.4. The molecule has 0 aromatic heterocycles. The molecule has 0 amide bonds. The van der Waals surface area contributed by atoms with E-state index in [1.807, 2.05) is 18.2 Å². The molecule has 0 heterocycles. The van der Waals surface area contributed by atoms with E-state index < -0.39 is 0 Å². The molecule has 0 saturated heterocycles. The van der Waals surface area contributed by atoms with Gasteiger partial charge in [0.05, 0.1) is 0 Å². The maximum absolute atomic E-state index is 14.0. The Hall–Kier alpha value is -0.710. The third kappa shape index (κ3) is 4.90. The standard InChI is InChI=1S/C17H18Br2FN/c1-2-9-21-17(12-3-5-14(18)6-4-12)11-13-10-15(19)7-8-16(13)20/h3-8,10,17,21H,2,9,11H2,1H3. The molecule has 1 nitrogen and oxygen atoms in total. The molecule has 0 aliphatic carbocycles. The Labute approximate surface area is 142 Å². The molecule has 2 rings (SSSR count). The minimum atomic E-state index is -0.154. The van der Waals surface area contributed by atoms with Gasteiger partial charge in [0.1, 0.15) is 5.82 Å². The molecule has 0 aliphatic rings. The zero-order valence-corrected chi connectivity index (χ0v) is 15.0. The monoisotopic (exact) mass is 413 g/mol. The van der Waals surface area contributed by atoms with Crippen LogP contribution < -0.4 is 5.32 Å². The Morgan fingerprint density at radius 2 is 1.71 bits per heavy atom. The van der Waals surface area contributed by atoms with Crippen LogP contribution in [0.2, 0.25) is 0 Å². The van der Waals surface area contributed by atoms with Crippen LogP contribution in [0.3, 0.4) is 0 Å². The lowest BCUT2D eigenvalue weighted by Gasteiger charge is -2.20. The van der Waals surface area contributed by atoms with Gasteiger partial charge in [0.2, 0.25) is 0 Å². The van der Waals surface area contributed by atoms with Gasteiger partial charge in [-0.3, -0.25) is 0 Å². The summed E-state index contributed by atoms with van der Waals surface area (Å²) in [6.45, 7) is 3.04. The summed E-state index contributed by atoms with van der Waals surface area (Å²) in [4.78, 5) is 0. The van der Waals surface area contributed by atoms with E-state index in [9.17, 15) is 4.39 Å². The van der Waals surface area contributed by atoms with Crippen LogP contribution in [0.4, 0.5) is 4.39 Å². The van der Waals surface area contributed by atoms with E-state index in [1.165, 1.54) is 11.6 Å². The topological polar surface area (TPSA) is 12.0 Å². The molecule has 21 heavy (non-hydrogen) atoms. The first-order chi connectivity index (χ1) is 10.1. The third-order valence-corrected chi connectivity index (χ3v) is 4.37. The molecule has 1 atom stereocenters. The van der Waals surface area contributed by atoms with Crippen molar-refractivity contribution in [2.24, 2.45) is 0 Å². The molecule has 2 aromatic rings. The highest BCUT2D eigenvalue weighted by Gasteiger charge is 2.14. The molecular formula is C17H18Br2FN. The molecule has 0 radical (unpaired) electrons. The van der Waals surface area contributed by atoms with Gasteiger partial charge in [0.25, 0.3) is 0 Å². The van der Waals surface area contributed by atoms with Crippen molar-refractivity contribution in [3.05, 3.63) is 68.4 Å². The van der Waals surface area contributed by atoms with Crippen molar-refractivity contribution >= 4 is 31.9 Å². The quantitative estimate of drug-likeness (QED) is 0.645. The smallest absolute Gasteiger partial charge is 0.126 e. The second kappa shape index (κ2) is 8.06. The molecule has 1 unspecified atom stereocenters. The summed E-state index contributed by atoms with van der Waals surface area (Å²) in [5.74, 6) is -0.154. The summed E-state index contributed by atoms with van der Waals surface area (Å²) in [5, 5.41) is 3.50. The van der Waals surface area contributed by atoms with Crippen LogP contribution in [0.5, 0.6) is 0 Å². The van der Waals surface area contributed by atoms with Crippen molar-refractivity contribution in [1.82, 2.24) is 5.32 Å². The first-order valence-electron chi connectivity index (χ1n) is 7.03. The van der Waals surface area contributed by atoms with E-state index in [0.29, 0.717) is 6.42 Å². The molecule has 0 saturated carbocycles. The van der Waals surface area contributed by atoms with Crippen molar-refractivity contribution in [3.63, 3.8) is 0 Å². The fraction of sp³-hybridized carbons (Fsp3) is 0.294. The molecule has 0 fully saturated rings. The van der Waals surface area contributed by atoms with Crippen molar-refractivity contribution in [1.29, 1.82) is 0 Å². The second-order valence-corrected chi connectivity index (χ2v) is 6.83. The van der Waals surface area contributed by atoms with Crippen LogP contribution in [0.15, 0.2) is 51.4 Å². The molecule has 112 valence electrons. The van der Waals surface area contributed by atoms with Gasteiger partial charge in [-0.05, 0) is 60.8 Å². The van der Waals surface area contributed by atoms with Crippen LogP contribution in [0.1, 0.15) is 30.5 Å². The highest BCUT2D eigenvalue weighted by atomic mass is 79.9. The van der Waals surface area contributed by atoms with E-state index in [1.54, 1.807) is 6.07 Å². The number of hydrogen-bond acceptors (Lipinski definition) is 1. The second-order valence-electron chi connectivity index (χ2n) is 5.00. The molecule has 4 heteroatoms. The lowest BCUT2D eigenvalue weighted by Crippen LogP contribution is -2.24. The lowest BCUT2D eigenvalue weighted by atomic mass is 9.98. The molecular weight excluding hydrogens is 397 g/mol. The molecule has 2 aromatic carbocycles. The lowest BCUT2D eigenvalue weighted by molar-refractivity contribution is 0.513. The molecule has 1 N–H and O–H groups in total. The summed E-state index contributed by atoms with van der Waals surface area (Å²) in [6.07, 6.45) is 1.68. The molecule has 0 bridgehead atoms. The Morgan fingerprint density at radius 1 is 1.05 bits per heavy atom. The van der Waals surface area contributed by atoms with Gasteiger partial charge in [0.15, 0.2) is 0 Å². The highest BCUT2D eigenvalue weighted by molar-refractivity contribution is 9.10. The number of rotatable bonds is 6. The van der Waals surface area contributed by atoms with Crippen LogP contribution in [-0.2, 0) is 6.42 Å². The summed E-state index contributed by atoms with van der Waals surface area (Å²) in [5.41, 5.74) is 1.90. The van der Waals surface area contributed by atoms with E-state index in [0.717, 1.165) is 27.5 Å². The van der Waals surface area contributed by atoms with Gasteiger partial charge >= 0.3 is 0 Å². The van der Waals surface area contributed by atoms with Crippen LogP contribution in [-0.4, -0.2) is 6.54 Å². The van der Waals surface area contributed by atoms with E-state index in [4.69, 9.17) is 0 Å². The number of hydrogen-bond donors (Lipinski definition) is 1. The Bertz CT molecular complexity index is 584. The summed E-state index contributed by atoms with van der Waals surface area (Å²) in [7, 11) is 0. The first kappa shape index (κ1) is 16.7. The van der Waals surface area contributed by atoms with Gasteiger partial charge in [-0.15, -0.1) is 0 Å². The van der Waals surface area contributed by atoms with Crippen molar-refractivity contribution in [2.45, 2.75) is 25.8 Å². The zero-order valence-electron chi connectivity index (χ0n) is 11.9. The SMILES string of the molecule is CCCNC(Cc1cc(Br)ccc1F)c1ccc(Br)cc1. The molecule has 0 spiro atoms. The highest BCUT2D eigenvalue weighted by Crippen LogP contribution is 2.24. The summed E-state index contributed by atoms with van der Waals surface area (Å²) < 4.78 is 15.9. The fourth-order valence-electron chi connectivity index (χ4n) is 2.24. The Balaban J connectivity index is 2.23. The van der Waals surface area contributed by atoms with Gasteiger partial charge < -0.3 is 5.32 Å². The van der Waals surface area contributed by atoms with Gasteiger partial charge in [-0.25, -0.2) is 4.39 Å². The van der Waals surface area contributed by atoms with E-state index in [-0.39, 0.29) is 11.9 Å². The van der Waals surface area contributed by atoms with Crippen molar-refractivity contribution < 1.29 is 4.39 Å². The van der Waals surface area contributed by atoms with E-state index >= 15 is 0 Å². The predicted molar refractivity (Wildman–Crippen MR) is 93.0 cm³/mol. The van der Waals surface area contributed by atoms with Gasteiger partial charge in [-0.1, -0.05) is 50.9 Å². The van der Waals surface area contributed by atoms with Gasteiger partial charge in [-0.2, -0.15) is 0 Å². The van der Waals surface area contributed by atoms with Crippen molar-refractivity contribution in [2.75, 3.05) is 6.54 Å². The van der Waals surface area contributed by atoms with Crippen LogP contribution in [0.25, 0.3) is 0 Å². The maximum Gasteiger partial charge on any atom is 0.126 e. The van der Waals surface area contributed by atoms with Gasteiger partial charge in [0, 0.05) is 15.0 Å².